The number of carbonyl (C=O) groups excluding carboxylic acids is 1. The molecule has 0 saturated heterocycles. The second kappa shape index (κ2) is 8.22. The molecule has 2 amide bonds. The van der Waals surface area contributed by atoms with E-state index in [0.29, 0.717) is 18.8 Å². The first-order valence-electron chi connectivity index (χ1n) is 7.81. The molecular weight excluding hydrogens is 292 g/mol. The Hall–Kier alpha value is -2.50. The molecule has 0 atom stereocenters. The topological polar surface area (TPSA) is 59.4 Å². The van der Waals surface area contributed by atoms with Gasteiger partial charge in [0, 0.05) is 26.8 Å². The standard InChI is InChI=1S/C17H24N4O2/c1-4-14-7-5-8-16(11-14)23-10-6-9-20(2)17(22)19-15-12-18-21(3)13-15/h5,7-8,11-13H,4,6,9-10H2,1-3H3,(H,19,22). The highest BCUT2D eigenvalue weighted by Crippen LogP contribution is 2.14. The monoisotopic (exact) mass is 316 g/mol. The fourth-order valence-electron chi connectivity index (χ4n) is 2.15. The van der Waals surface area contributed by atoms with Crippen molar-refractivity contribution >= 4 is 11.7 Å². The molecule has 2 aromatic rings. The molecule has 6 nitrogen and oxygen atoms in total. The molecule has 0 unspecified atom stereocenters. The first-order chi connectivity index (χ1) is 11.1. The summed E-state index contributed by atoms with van der Waals surface area (Å²) in [4.78, 5) is 13.6. The highest BCUT2D eigenvalue weighted by molar-refractivity contribution is 5.88. The summed E-state index contributed by atoms with van der Waals surface area (Å²) in [6, 6.07) is 7.95. The van der Waals surface area contributed by atoms with E-state index in [1.165, 1.54) is 5.56 Å². The van der Waals surface area contributed by atoms with Crippen LogP contribution in [0.15, 0.2) is 36.7 Å². The minimum atomic E-state index is -0.147. The Morgan fingerprint density at radius 1 is 1.43 bits per heavy atom. The van der Waals surface area contributed by atoms with Gasteiger partial charge >= 0.3 is 6.03 Å². The maximum atomic E-state index is 12.0. The number of aryl methyl sites for hydroxylation is 2. The molecule has 124 valence electrons. The molecule has 0 radical (unpaired) electrons. The SMILES string of the molecule is CCc1cccc(OCCCN(C)C(=O)Nc2cnn(C)c2)c1. The zero-order valence-electron chi connectivity index (χ0n) is 14.0. The van der Waals surface area contributed by atoms with Gasteiger partial charge in [-0.2, -0.15) is 5.10 Å². The number of hydrogen-bond acceptors (Lipinski definition) is 3. The van der Waals surface area contributed by atoms with E-state index in [2.05, 4.69) is 29.5 Å². The van der Waals surface area contributed by atoms with Gasteiger partial charge in [-0.1, -0.05) is 19.1 Å². The van der Waals surface area contributed by atoms with Crippen molar-refractivity contribution in [2.75, 3.05) is 25.5 Å². The van der Waals surface area contributed by atoms with E-state index < -0.39 is 0 Å². The predicted octanol–water partition coefficient (Wildman–Crippen LogP) is 2.92. The summed E-state index contributed by atoms with van der Waals surface area (Å²) in [5.74, 6) is 0.881. The first-order valence-corrected chi connectivity index (χ1v) is 7.81. The van der Waals surface area contributed by atoms with Crippen molar-refractivity contribution in [1.29, 1.82) is 0 Å². The normalized spacial score (nSPS) is 10.4. The molecule has 2 rings (SSSR count). The van der Waals surface area contributed by atoms with Gasteiger partial charge in [-0.25, -0.2) is 4.79 Å². The molecule has 0 spiro atoms. The van der Waals surface area contributed by atoms with Crippen LogP contribution in [0.5, 0.6) is 5.75 Å². The average molecular weight is 316 g/mol. The minimum Gasteiger partial charge on any atom is -0.494 e. The lowest BCUT2D eigenvalue weighted by atomic mass is 10.2. The van der Waals surface area contributed by atoms with Crippen LogP contribution in [0.1, 0.15) is 18.9 Å². The molecule has 6 heteroatoms. The largest absolute Gasteiger partial charge is 0.494 e. The number of nitrogens with one attached hydrogen (secondary N) is 1. The molecule has 0 fully saturated rings. The van der Waals surface area contributed by atoms with Crippen molar-refractivity contribution in [3.8, 4) is 5.75 Å². The maximum absolute atomic E-state index is 12.0. The average Bonchev–Trinajstić information content (AvgIpc) is 2.96. The first kappa shape index (κ1) is 16.9. The predicted molar refractivity (Wildman–Crippen MR) is 90.8 cm³/mol. The van der Waals surface area contributed by atoms with Crippen molar-refractivity contribution < 1.29 is 9.53 Å². The lowest BCUT2D eigenvalue weighted by molar-refractivity contribution is 0.216. The van der Waals surface area contributed by atoms with Gasteiger partial charge in [0.1, 0.15) is 5.75 Å². The smallest absolute Gasteiger partial charge is 0.321 e. The lowest BCUT2D eigenvalue weighted by Crippen LogP contribution is -2.32. The number of hydrogen-bond donors (Lipinski definition) is 1. The Morgan fingerprint density at radius 3 is 2.96 bits per heavy atom. The van der Waals surface area contributed by atoms with E-state index in [9.17, 15) is 4.79 Å². The highest BCUT2D eigenvalue weighted by Gasteiger charge is 2.09. The van der Waals surface area contributed by atoms with Crippen molar-refractivity contribution in [2.24, 2.45) is 7.05 Å². The third kappa shape index (κ3) is 5.32. The molecule has 0 aliphatic rings. The van der Waals surface area contributed by atoms with E-state index in [0.717, 1.165) is 18.6 Å². The molecular formula is C17H24N4O2. The van der Waals surface area contributed by atoms with Crippen LogP contribution in [-0.4, -0.2) is 40.9 Å². The van der Waals surface area contributed by atoms with Crippen LogP contribution in [0.4, 0.5) is 10.5 Å². The van der Waals surface area contributed by atoms with Crippen LogP contribution < -0.4 is 10.1 Å². The zero-order valence-corrected chi connectivity index (χ0v) is 14.0. The van der Waals surface area contributed by atoms with Crippen molar-refractivity contribution in [3.05, 3.63) is 42.2 Å². The van der Waals surface area contributed by atoms with Crippen LogP contribution in [0.25, 0.3) is 0 Å². The van der Waals surface area contributed by atoms with Crippen LogP contribution in [0.3, 0.4) is 0 Å². The van der Waals surface area contributed by atoms with Gasteiger partial charge in [0.15, 0.2) is 0 Å². The van der Waals surface area contributed by atoms with Gasteiger partial charge in [-0.15, -0.1) is 0 Å². The van der Waals surface area contributed by atoms with E-state index >= 15 is 0 Å². The highest BCUT2D eigenvalue weighted by atomic mass is 16.5. The number of carbonyl (C=O) groups is 1. The number of nitrogens with zero attached hydrogens (tertiary/aromatic N) is 3. The summed E-state index contributed by atoms with van der Waals surface area (Å²) in [5, 5.41) is 6.81. The quantitative estimate of drug-likeness (QED) is 0.799. The minimum absolute atomic E-state index is 0.147. The molecule has 0 saturated carbocycles. The summed E-state index contributed by atoms with van der Waals surface area (Å²) in [5.41, 5.74) is 1.95. The van der Waals surface area contributed by atoms with Gasteiger partial charge in [0.2, 0.25) is 0 Å². The lowest BCUT2D eigenvalue weighted by Gasteiger charge is -2.17. The van der Waals surface area contributed by atoms with Crippen LogP contribution >= 0.6 is 0 Å². The zero-order chi connectivity index (χ0) is 16.7. The third-order valence-electron chi connectivity index (χ3n) is 3.52. The number of amides is 2. The van der Waals surface area contributed by atoms with E-state index in [-0.39, 0.29) is 6.03 Å². The van der Waals surface area contributed by atoms with Crippen LogP contribution in [0, 0.1) is 0 Å². The van der Waals surface area contributed by atoms with Crippen molar-refractivity contribution in [2.45, 2.75) is 19.8 Å². The molecule has 1 N–H and O–H groups in total. The van der Waals surface area contributed by atoms with Crippen molar-refractivity contribution in [1.82, 2.24) is 14.7 Å². The second-order valence-electron chi connectivity index (χ2n) is 5.46. The Labute approximate surface area is 137 Å². The number of urea groups is 1. The van der Waals surface area contributed by atoms with Crippen LogP contribution in [-0.2, 0) is 13.5 Å². The van der Waals surface area contributed by atoms with E-state index in [1.54, 1.807) is 29.0 Å². The molecule has 1 aromatic heterocycles. The molecule has 1 aromatic carbocycles. The molecule has 0 aliphatic heterocycles. The third-order valence-corrected chi connectivity index (χ3v) is 3.52. The number of benzene rings is 1. The summed E-state index contributed by atoms with van der Waals surface area (Å²) < 4.78 is 7.38. The Bertz CT molecular complexity index is 639. The fourth-order valence-corrected chi connectivity index (χ4v) is 2.15. The van der Waals surface area contributed by atoms with Crippen molar-refractivity contribution in [3.63, 3.8) is 0 Å². The summed E-state index contributed by atoms with van der Waals surface area (Å²) >= 11 is 0. The summed E-state index contributed by atoms with van der Waals surface area (Å²) in [6.07, 6.45) is 5.15. The molecule has 1 heterocycles. The Kier molecular flexibility index (Phi) is 6.02. The maximum Gasteiger partial charge on any atom is 0.321 e. The second-order valence-corrected chi connectivity index (χ2v) is 5.46. The Balaban J connectivity index is 1.69. The molecule has 23 heavy (non-hydrogen) atoms. The van der Waals surface area contributed by atoms with Gasteiger partial charge in [0.25, 0.3) is 0 Å². The number of anilines is 1. The van der Waals surface area contributed by atoms with Crippen LogP contribution in [0.2, 0.25) is 0 Å². The number of ether oxygens (including phenoxy) is 1. The summed E-state index contributed by atoms with van der Waals surface area (Å²) in [6.45, 7) is 3.33. The fraction of sp³-hybridized carbons (Fsp3) is 0.412. The van der Waals surface area contributed by atoms with Gasteiger partial charge in [-0.05, 0) is 30.5 Å². The molecule has 0 aliphatic carbocycles. The van der Waals surface area contributed by atoms with Gasteiger partial charge < -0.3 is 15.0 Å². The number of rotatable bonds is 7. The van der Waals surface area contributed by atoms with E-state index in [4.69, 9.17) is 4.74 Å². The Morgan fingerprint density at radius 2 is 2.26 bits per heavy atom. The number of aromatic nitrogens is 2. The van der Waals surface area contributed by atoms with Gasteiger partial charge in [0.05, 0.1) is 18.5 Å². The van der Waals surface area contributed by atoms with Gasteiger partial charge in [-0.3, -0.25) is 4.68 Å². The van der Waals surface area contributed by atoms with E-state index in [1.807, 2.05) is 19.2 Å². The molecule has 0 bridgehead atoms. The summed E-state index contributed by atoms with van der Waals surface area (Å²) in [7, 11) is 3.58.